The fraction of sp³-hybridized carbons (Fsp3) is 0.455. The van der Waals surface area contributed by atoms with Crippen LogP contribution in [0.25, 0.3) is 0 Å². The van der Waals surface area contributed by atoms with Gasteiger partial charge in [-0.1, -0.05) is 0 Å². The molecule has 0 aliphatic rings. The number of nitrogens with one attached hydrogen (secondary N) is 2. The fourth-order valence-electron chi connectivity index (χ4n) is 1.46. The zero-order valence-electron chi connectivity index (χ0n) is 11.1. The molecular formula is C11H15N2O5S2-. The summed E-state index contributed by atoms with van der Waals surface area (Å²) in [5.41, 5.74) is 0. The van der Waals surface area contributed by atoms with Gasteiger partial charge in [-0.05, 0) is 19.9 Å². The SMILES string of the molecule is CCNC(=O)c1cc(S(=O)(=O)NCCC(=O)[O-])c(C)s1. The van der Waals surface area contributed by atoms with Crippen LogP contribution in [0.5, 0.6) is 0 Å². The largest absolute Gasteiger partial charge is 0.550 e. The predicted octanol–water partition coefficient (Wildman–Crippen LogP) is -0.775. The Hall–Kier alpha value is -1.45. The summed E-state index contributed by atoms with van der Waals surface area (Å²) < 4.78 is 26.1. The molecule has 0 atom stereocenters. The Kier molecular flexibility index (Phi) is 5.66. The Morgan fingerprint density at radius 3 is 2.60 bits per heavy atom. The number of aliphatic carboxylic acids is 1. The second kappa shape index (κ2) is 6.82. The van der Waals surface area contributed by atoms with Crippen LogP contribution in [0.3, 0.4) is 0 Å². The Morgan fingerprint density at radius 2 is 2.05 bits per heavy atom. The van der Waals surface area contributed by atoms with Gasteiger partial charge in [-0.15, -0.1) is 11.3 Å². The number of carbonyl (C=O) groups excluding carboxylic acids is 2. The normalized spacial score (nSPS) is 11.3. The third kappa shape index (κ3) is 4.29. The van der Waals surface area contributed by atoms with Crippen LogP contribution in [0, 0.1) is 6.92 Å². The highest BCUT2D eigenvalue weighted by Gasteiger charge is 2.21. The van der Waals surface area contributed by atoms with Crippen molar-refractivity contribution in [2.75, 3.05) is 13.1 Å². The second-order valence-corrected chi connectivity index (χ2v) is 6.90. The lowest BCUT2D eigenvalue weighted by molar-refractivity contribution is -0.305. The first-order valence-electron chi connectivity index (χ1n) is 5.86. The number of hydrogen-bond acceptors (Lipinski definition) is 6. The number of amides is 1. The number of carboxylic acid groups (broad SMARTS) is 1. The van der Waals surface area contributed by atoms with Gasteiger partial charge < -0.3 is 15.2 Å². The molecule has 0 aromatic carbocycles. The summed E-state index contributed by atoms with van der Waals surface area (Å²) in [6.07, 6.45) is -0.411. The Labute approximate surface area is 121 Å². The van der Waals surface area contributed by atoms with Crippen molar-refractivity contribution in [3.8, 4) is 0 Å². The van der Waals surface area contributed by atoms with Gasteiger partial charge in [0.1, 0.15) is 0 Å². The Balaban J connectivity index is 2.90. The molecule has 0 saturated carbocycles. The van der Waals surface area contributed by atoms with E-state index in [1.165, 1.54) is 6.07 Å². The topological polar surface area (TPSA) is 115 Å². The summed E-state index contributed by atoms with van der Waals surface area (Å²) in [5, 5.41) is 12.8. The van der Waals surface area contributed by atoms with Gasteiger partial charge in [0.2, 0.25) is 10.0 Å². The van der Waals surface area contributed by atoms with Crippen molar-refractivity contribution in [1.29, 1.82) is 0 Å². The smallest absolute Gasteiger partial charge is 0.261 e. The van der Waals surface area contributed by atoms with E-state index in [1.807, 2.05) is 0 Å². The summed E-state index contributed by atoms with van der Waals surface area (Å²) >= 11 is 1.07. The summed E-state index contributed by atoms with van der Waals surface area (Å²) in [5.74, 6) is -1.67. The molecule has 1 aromatic rings. The van der Waals surface area contributed by atoms with E-state index in [0.29, 0.717) is 16.3 Å². The maximum atomic E-state index is 12.0. The Morgan fingerprint density at radius 1 is 1.40 bits per heavy atom. The number of rotatable bonds is 7. The van der Waals surface area contributed by atoms with Gasteiger partial charge in [0.15, 0.2) is 0 Å². The van der Waals surface area contributed by atoms with E-state index >= 15 is 0 Å². The van der Waals surface area contributed by atoms with Gasteiger partial charge in [-0.3, -0.25) is 4.79 Å². The van der Waals surface area contributed by atoms with E-state index in [4.69, 9.17) is 0 Å². The van der Waals surface area contributed by atoms with Gasteiger partial charge in [-0.2, -0.15) is 0 Å². The zero-order valence-corrected chi connectivity index (χ0v) is 12.7. The molecule has 7 nitrogen and oxygen atoms in total. The molecule has 1 heterocycles. The van der Waals surface area contributed by atoms with Crippen LogP contribution in [-0.2, 0) is 14.8 Å². The minimum absolute atomic E-state index is 0.0119. The van der Waals surface area contributed by atoms with Crippen LogP contribution in [-0.4, -0.2) is 33.4 Å². The van der Waals surface area contributed by atoms with Crippen molar-refractivity contribution in [2.24, 2.45) is 0 Å². The lowest BCUT2D eigenvalue weighted by atomic mass is 10.4. The maximum Gasteiger partial charge on any atom is 0.261 e. The van der Waals surface area contributed by atoms with Gasteiger partial charge in [0.25, 0.3) is 5.91 Å². The fourth-order valence-corrected chi connectivity index (χ4v) is 3.99. The van der Waals surface area contributed by atoms with E-state index < -0.39 is 22.4 Å². The molecule has 0 bridgehead atoms. The lowest BCUT2D eigenvalue weighted by Gasteiger charge is -2.06. The standard InChI is InChI=1S/C11H16N2O5S2/c1-3-12-11(16)8-6-9(7(2)19-8)20(17,18)13-5-4-10(14)15/h6,13H,3-5H2,1-2H3,(H,12,16)(H,14,15)/p-1. The average molecular weight is 319 g/mol. The zero-order chi connectivity index (χ0) is 15.3. The van der Waals surface area contributed by atoms with Crippen molar-refractivity contribution >= 4 is 33.2 Å². The molecule has 112 valence electrons. The molecule has 0 saturated heterocycles. The maximum absolute atomic E-state index is 12.0. The molecule has 1 rings (SSSR count). The molecule has 1 amide bonds. The van der Waals surface area contributed by atoms with Crippen LogP contribution in [0.2, 0.25) is 0 Å². The van der Waals surface area contributed by atoms with E-state index in [-0.39, 0.29) is 17.3 Å². The molecule has 0 fully saturated rings. The van der Waals surface area contributed by atoms with Crippen LogP contribution in [0.1, 0.15) is 27.9 Å². The third-order valence-corrected chi connectivity index (χ3v) is 5.11. The highest BCUT2D eigenvalue weighted by molar-refractivity contribution is 7.89. The van der Waals surface area contributed by atoms with E-state index in [0.717, 1.165) is 11.3 Å². The monoisotopic (exact) mass is 319 g/mol. The van der Waals surface area contributed by atoms with Gasteiger partial charge >= 0.3 is 0 Å². The van der Waals surface area contributed by atoms with Crippen molar-refractivity contribution < 1.29 is 23.1 Å². The molecule has 20 heavy (non-hydrogen) atoms. The number of thiophene rings is 1. The minimum atomic E-state index is -3.82. The number of sulfonamides is 1. The molecule has 9 heteroatoms. The van der Waals surface area contributed by atoms with Gasteiger partial charge in [0, 0.05) is 30.4 Å². The molecule has 0 aliphatic heterocycles. The number of carboxylic acids is 1. The first kappa shape index (κ1) is 16.6. The van der Waals surface area contributed by atoms with Crippen molar-refractivity contribution in [1.82, 2.24) is 10.0 Å². The van der Waals surface area contributed by atoms with Crippen LogP contribution < -0.4 is 15.1 Å². The first-order valence-corrected chi connectivity index (χ1v) is 8.16. The van der Waals surface area contributed by atoms with Gasteiger partial charge in [-0.25, -0.2) is 13.1 Å². The molecule has 1 aromatic heterocycles. The van der Waals surface area contributed by atoms with E-state index in [2.05, 4.69) is 10.0 Å². The minimum Gasteiger partial charge on any atom is -0.550 e. The van der Waals surface area contributed by atoms with E-state index in [1.54, 1.807) is 13.8 Å². The first-order chi connectivity index (χ1) is 9.27. The summed E-state index contributed by atoms with van der Waals surface area (Å²) in [7, 11) is -3.82. The third-order valence-electron chi connectivity index (χ3n) is 2.34. The van der Waals surface area contributed by atoms with Crippen LogP contribution >= 0.6 is 11.3 Å². The quantitative estimate of drug-likeness (QED) is 0.684. The molecule has 0 unspecified atom stereocenters. The lowest BCUT2D eigenvalue weighted by Crippen LogP contribution is -2.31. The van der Waals surface area contributed by atoms with Crippen LogP contribution in [0.15, 0.2) is 11.0 Å². The summed E-state index contributed by atoms with van der Waals surface area (Å²) in [4.78, 5) is 22.6. The highest BCUT2D eigenvalue weighted by atomic mass is 32.2. The summed E-state index contributed by atoms with van der Waals surface area (Å²) in [6.45, 7) is 3.54. The summed E-state index contributed by atoms with van der Waals surface area (Å²) in [6, 6.07) is 1.28. The molecule has 2 N–H and O–H groups in total. The number of hydrogen-bond donors (Lipinski definition) is 2. The molecular weight excluding hydrogens is 304 g/mol. The Bertz CT molecular complexity index is 606. The highest BCUT2D eigenvalue weighted by Crippen LogP contribution is 2.25. The van der Waals surface area contributed by atoms with Crippen molar-refractivity contribution in [2.45, 2.75) is 25.2 Å². The number of aryl methyl sites for hydroxylation is 1. The van der Waals surface area contributed by atoms with E-state index in [9.17, 15) is 23.1 Å². The molecule has 0 aliphatic carbocycles. The number of carbonyl (C=O) groups is 2. The van der Waals surface area contributed by atoms with Crippen molar-refractivity contribution in [3.63, 3.8) is 0 Å². The predicted molar refractivity (Wildman–Crippen MR) is 71.9 cm³/mol. The second-order valence-electron chi connectivity index (χ2n) is 3.91. The average Bonchev–Trinajstić information content (AvgIpc) is 2.71. The van der Waals surface area contributed by atoms with Crippen molar-refractivity contribution in [3.05, 3.63) is 15.8 Å². The van der Waals surface area contributed by atoms with Crippen LogP contribution in [0.4, 0.5) is 0 Å². The molecule has 0 spiro atoms. The molecule has 0 radical (unpaired) electrons. The van der Waals surface area contributed by atoms with Gasteiger partial charge in [0.05, 0.1) is 9.77 Å².